The molecule has 1 fully saturated rings. The second-order valence-corrected chi connectivity index (χ2v) is 12.2. The molecule has 1 saturated heterocycles. The topological polar surface area (TPSA) is 36.1 Å². The summed E-state index contributed by atoms with van der Waals surface area (Å²) in [6.45, 7) is 4.49. The zero-order valence-electron chi connectivity index (χ0n) is 25.2. The zero-order valence-corrected chi connectivity index (χ0v) is 25.2. The molecule has 6 rings (SSSR count). The number of benzene rings is 3. The molecule has 1 aliphatic heterocycles. The number of aryl methyl sites for hydroxylation is 1. The third kappa shape index (κ3) is 7.18. The van der Waals surface area contributed by atoms with Crippen LogP contribution in [0.2, 0.25) is 0 Å². The fourth-order valence-electron chi connectivity index (χ4n) is 6.45. The normalized spacial score (nSPS) is 15.8. The number of amides is 1. The molecule has 1 aromatic heterocycles. The number of fused-ring (bicyclic) bond motifs is 1. The molecule has 1 N–H and O–H groups in total. The number of allylic oxidation sites excluding steroid dienone is 2. The van der Waals surface area contributed by atoms with E-state index >= 15 is 0 Å². The maximum Gasteiger partial charge on any atom is 0.270 e. The summed E-state index contributed by atoms with van der Waals surface area (Å²) in [6.07, 6.45) is 9.23. The van der Waals surface area contributed by atoms with Gasteiger partial charge in [0.25, 0.3) is 11.8 Å². The van der Waals surface area contributed by atoms with Gasteiger partial charge in [-0.3, -0.25) is 4.79 Å². The minimum atomic E-state index is -2.91. The third-order valence-corrected chi connectivity index (χ3v) is 9.08. The molecular weight excluding hydrogens is 569 g/mol. The molecule has 0 atom stereocenters. The molecule has 3 aromatic carbocycles. The predicted molar refractivity (Wildman–Crippen MR) is 180 cm³/mol. The lowest BCUT2D eigenvalue weighted by Gasteiger charge is -2.32. The Morgan fingerprint density at radius 3 is 2.56 bits per heavy atom. The van der Waals surface area contributed by atoms with Crippen molar-refractivity contribution >= 4 is 22.9 Å². The van der Waals surface area contributed by atoms with Crippen LogP contribution in [-0.2, 0) is 12.3 Å². The van der Waals surface area contributed by atoms with Crippen LogP contribution in [0.1, 0.15) is 81.9 Å². The lowest BCUT2D eigenvalue weighted by molar-refractivity contribution is 0.0175. The van der Waals surface area contributed by atoms with Gasteiger partial charge >= 0.3 is 0 Å². The standard InChI is InChI=1S/C38H37F3N2O.CH4.H2/c1-25(19-29-9-4-3-8-28(29)10-5-7-26-20-33(39)21-26)27-15-17-43(18-16-27)37(44)31-13-14-34-35(24-42-36(34)23-31)30-11-6-12-32(22-30)38(2,40)41;;/h3-4,6,8-9,11-14,19,22-24,27,42H,5,7,10,15-18,20H2,1-2H3;1H4;1H/b25-19+;;. The summed E-state index contributed by atoms with van der Waals surface area (Å²) in [5.74, 6) is -2.62. The van der Waals surface area contributed by atoms with Gasteiger partial charge in [-0.2, -0.15) is 0 Å². The van der Waals surface area contributed by atoms with Crippen LogP contribution in [0.4, 0.5) is 13.2 Å². The van der Waals surface area contributed by atoms with E-state index in [9.17, 15) is 18.0 Å². The van der Waals surface area contributed by atoms with Gasteiger partial charge in [-0.1, -0.05) is 73.3 Å². The Morgan fingerprint density at radius 1 is 1.07 bits per heavy atom. The average Bonchev–Trinajstić information content (AvgIpc) is 3.44. The highest BCUT2D eigenvalue weighted by Gasteiger charge is 2.26. The summed E-state index contributed by atoms with van der Waals surface area (Å²) < 4.78 is 40.8. The van der Waals surface area contributed by atoms with Crippen molar-refractivity contribution < 1.29 is 19.4 Å². The summed E-state index contributed by atoms with van der Waals surface area (Å²) in [5.41, 5.74) is 10.7. The molecule has 236 valence electrons. The molecule has 0 spiro atoms. The first-order valence-electron chi connectivity index (χ1n) is 15.4. The minimum Gasteiger partial charge on any atom is -0.361 e. The molecule has 1 aliphatic carbocycles. The van der Waals surface area contributed by atoms with Gasteiger partial charge in [0, 0.05) is 61.7 Å². The number of carbonyl (C=O) groups is 1. The summed E-state index contributed by atoms with van der Waals surface area (Å²) >= 11 is 0. The number of hydrogen-bond donors (Lipinski definition) is 1. The number of nitrogens with zero attached hydrogens (tertiary/aromatic N) is 1. The van der Waals surface area contributed by atoms with Crippen molar-refractivity contribution in [2.45, 2.75) is 65.7 Å². The predicted octanol–water partition coefficient (Wildman–Crippen LogP) is 10.9. The average molecular weight is 613 g/mol. The van der Waals surface area contributed by atoms with Gasteiger partial charge in [0.2, 0.25) is 0 Å². The summed E-state index contributed by atoms with van der Waals surface area (Å²) in [6, 6.07) is 20.5. The van der Waals surface area contributed by atoms with Crippen LogP contribution in [0.5, 0.6) is 0 Å². The van der Waals surface area contributed by atoms with Crippen molar-refractivity contribution in [1.82, 2.24) is 9.88 Å². The highest BCUT2D eigenvalue weighted by atomic mass is 19.3. The molecule has 1 amide bonds. The number of halogens is 3. The van der Waals surface area contributed by atoms with Gasteiger partial charge < -0.3 is 9.88 Å². The van der Waals surface area contributed by atoms with E-state index in [1.54, 1.807) is 6.07 Å². The Labute approximate surface area is 265 Å². The smallest absolute Gasteiger partial charge is 0.270 e. The molecule has 6 heteroatoms. The SMILES string of the molecule is C.C/C(=C\c1ccccc1CCCC1=C=C(F)C1)C1CCN(C(=O)c2ccc3c(-c4cccc(C(C)(F)F)c4)c[nH]c3c2)CC1.[HH]. The third-order valence-electron chi connectivity index (χ3n) is 9.08. The Hall–Kier alpha value is -4.28. The zero-order chi connectivity index (χ0) is 30.8. The van der Waals surface area contributed by atoms with Crippen molar-refractivity contribution in [3.8, 4) is 11.1 Å². The van der Waals surface area contributed by atoms with Gasteiger partial charge in [0.1, 0.15) is 5.83 Å². The van der Waals surface area contributed by atoms with Crippen LogP contribution in [0.3, 0.4) is 0 Å². The van der Waals surface area contributed by atoms with E-state index in [2.05, 4.69) is 48.0 Å². The number of aromatic amines is 1. The van der Waals surface area contributed by atoms with Crippen molar-refractivity contribution in [2.24, 2.45) is 5.92 Å². The van der Waals surface area contributed by atoms with Crippen LogP contribution < -0.4 is 0 Å². The van der Waals surface area contributed by atoms with Crippen molar-refractivity contribution in [2.75, 3.05) is 13.1 Å². The number of piperidine rings is 1. The Balaban J connectivity index is 0.00000240. The largest absolute Gasteiger partial charge is 0.361 e. The first-order valence-corrected chi connectivity index (χ1v) is 15.4. The van der Waals surface area contributed by atoms with Crippen LogP contribution in [0, 0.1) is 5.92 Å². The molecule has 0 radical (unpaired) electrons. The van der Waals surface area contributed by atoms with Crippen molar-refractivity contribution in [3.05, 3.63) is 118 Å². The number of nitrogens with one attached hydrogen (secondary N) is 1. The van der Waals surface area contributed by atoms with Gasteiger partial charge in [-0.05, 0) is 85.4 Å². The fraction of sp³-hybridized carbons (Fsp3) is 0.333. The number of hydrogen-bond acceptors (Lipinski definition) is 1. The number of rotatable bonds is 9. The maximum absolute atomic E-state index is 13.9. The maximum atomic E-state index is 13.9. The first kappa shape index (κ1) is 32.1. The molecule has 45 heavy (non-hydrogen) atoms. The van der Waals surface area contributed by atoms with Crippen LogP contribution >= 0.6 is 0 Å². The monoisotopic (exact) mass is 612 g/mol. The van der Waals surface area contributed by atoms with E-state index < -0.39 is 5.92 Å². The van der Waals surface area contributed by atoms with E-state index in [1.807, 2.05) is 35.4 Å². The Morgan fingerprint density at radius 2 is 1.82 bits per heavy atom. The molecule has 0 unspecified atom stereocenters. The number of aromatic nitrogens is 1. The molecular formula is C39H43F3N2O. The van der Waals surface area contributed by atoms with Crippen LogP contribution in [0.25, 0.3) is 28.1 Å². The van der Waals surface area contributed by atoms with Crippen molar-refractivity contribution in [3.63, 3.8) is 0 Å². The summed E-state index contributed by atoms with van der Waals surface area (Å²) in [4.78, 5) is 18.6. The molecule has 0 bridgehead atoms. The molecule has 4 aromatic rings. The molecule has 3 nitrogen and oxygen atoms in total. The number of H-pyrrole nitrogens is 1. The fourth-order valence-corrected chi connectivity index (χ4v) is 6.45. The molecule has 0 saturated carbocycles. The Bertz CT molecular complexity index is 1800. The number of likely N-dealkylation sites (tertiary alicyclic amines) is 1. The van der Waals surface area contributed by atoms with Gasteiger partial charge in [-0.15, -0.1) is 0 Å². The second kappa shape index (κ2) is 13.4. The van der Waals surface area contributed by atoms with Crippen LogP contribution in [-0.4, -0.2) is 28.9 Å². The number of alkyl halides is 2. The quantitative estimate of drug-likeness (QED) is 0.188. The summed E-state index contributed by atoms with van der Waals surface area (Å²) in [7, 11) is 0. The van der Waals surface area contributed by atoms with E-state index in [1.165, 1.54) is 28.8 Å². The van der Waals surface area contributed by atoms with Gasteiger partial charge in [0.05, 0.1) is 0 Å². The van der Waals surface area contributed by atoms with E-state index in [4.69, 9.17) is 0 Å². The first-order chi connectivity index (χ1) is 21.2. The molecule has 2 aliphatic rings. The molecule has 2 heterocycles. The van der Waals surface area contributed by atoms with Crippen molar-refractivity contribution in [1.29, 1.82) is 0 Å². The minimum absolute atomic E-state index is 0. The second-order valence-electron chi connectivity index (χ2n) is 12.2. The highest BCUT2D eigenvalue weighted by molar-refractivity contribution is 6.02. The lowest BCUT2D eigenvalue weighted by Crippen LogP contribution is -2.38. The number of carbonyl (C=O) groups excluding carboxylic acids is 1. The lowest BCUT2D eigenvalue weighted by atomic mass is 9.87. The van der Waals surface area contributed by atoms with E-state index in [-0.39, 0.29) is 26.2 Å². The van der Waals surface area contributed by atoms with E-state index in [0.29, 0.717) is 36.6 Å². The van der Waals surface area contributed by atoms with Gasteiger partial charge in [0.15, 0.2) is 0 Å². The van der Waals surface area contributed by atoms with Crippen LogP contribution in [0.15, 0.2) is 95.6 Å². The summed E-state index contributed by atoms with van der Waals surface area (Å²) in [5, 5.41) is 0.892. The Kier molecular flexibility index (Phi) is 9.55. The highest BCUT2D eigenvalue weighted by Crippen LogP contribution is 2.35. The van der Waals surface area contributed by atoms with E-state index in [0.717, 1.165) is 61.1 Å². The van der Waals surface area contributed by atoms with Gasteiger partial charge in [-0.25, -0.2) is 13.2 Å².